The molecule has 1 aliphatic rings. The third-order valence-electron chi connectivity index (χ3n) is 2.22. The summed E-state index contributed by atoms with van der Waals surface area (Å²) in [6.45, 7) is 9.54. The molecule has 1 aliphatic heterocycles. The summed E-state index contributed by atoms with van der Waals surface area (Å²) in [5, 5.41) is 0. The van der Waals surface area contributed by atoms with Gasteiger partial charge in [0.2, 0.25) is 0 Å². The average Bonchev–Trinajstić information content (AvgIpc) is 1.79. The Bertz CT molecular complexity index is 138. The third kappa shape index (κ3) is 1.45. The van der Waals surface area contributed by atoms with E-state index in [2.05, 4.69) is 26.9 Å². The maximum absolute atomic E-state index is 2.48. The Morgan fingerprint density at radius 1 is 1.00 bits per heavy atom. The van der Waals surface area contributed by atoms with Gasteiger partial charge in [0, 0.05) is 0 Å². The van der Waals surface area contributed by atoms with E-state index in [-0.39, 0.29) is 0 Å². The maximum atomic E-state index is 2.48. The van der Waals surface area contributed by atoms with Crippen LogP contribution >= 0.6 is 0 Å². The minimum atomic E-state index is -0.740. The third-order valence-corrected chi connectivity index (χ3v) is 5.19. The van der Waals surface area contributed by atoms with Gasteiger partial charge in [-0.05, 0) is 25.9 Å². The Kier molecular flexibility index (Phi) is 1.55. The Labute approximate surface area is 59.0 Å². The van der Waals surface area contributed by atoms with Gasteiger partial charge in [-0.15, -0.1) is 0 Å². The number of hydrogen-bond donors (Lipinski definition) is 0. The van der Waals surface area contributed by atoms with Gasteiger partial charge in [0.1, 0.15) is 0 Å². The second-order valence-corrected chi connectivity index (χ2v) is 9.11. The molecule has 0 aliphatic carbocycles. The van der Waals surface area contributed by atoms with Crippen LogP contribution in [0.15, 0.2) is 11.1 Å². The predicted octanol–water partition coefficient (Wildman–Crippen LogP) is 3.04. The zero-order valence-electron chi connectivity index (χ0n) is 6.91. The van der Waals surface area contributed by atoms with Crippen molar-refractivity contribution in [3.8, 4) is 0 Å². The van der Waals surface area contributed by atoms with Crippen LogP contribution in [0.4, 0.5) is 0 Å². The first-order valence-electron chi connectivity index (χ1n) is 3.66. The van der Waals surface area contributed by atoms with Gasteiger partial charge in [0.15, 0.2) is 0 Å². The van der Waals surface area contributed by atoms with Gasteiger partial charge in [-0.2, -0.15) is 0 Å². The molecule has 0 amide bonds. The summed E-state index contributed by atoms with van der Waals surface area (Å²) in [6, 6.07) is 2.89. The highest BCUT2D eigenvalue weighted by atomic mass is 28.3. The highest BCUT2D eigenvalue weighted by Gasteiger charge is 2.27. The van der Waals surface area contributed by atoms with Crippen molar-refractivity contribution in [1.82, 2.24) is 0 Å². The van der Waals surface area contributed by atoms with Crippen LogP contribution in [0.25, 0.3) is 0 Å². The lowest BCUT2D eigenvalue weighted by Crippen LogP contribution is -2.19. The van der Waals surface area contributed by atoms with Crippen LogP contribution < -0.4 is 0 Å². The van der Waals surface area contributed by atoms with Crippen LogP contribution in [0.2, 0.25) is 25.2 Å². The molecule has 0 saturated heterocycles. The second kappa shape index (κ2) is 1.98. The molecule has 0 aromatic carbocycles. The molecule has 1 heterocycles. The summed E-state index contributed by atoms with van der Waals surface area (Å²) < 4.78 is 0. The summed E-state index contributed by atoms with van der Waals surface area (Å²) >= 11 is 0. The molecule has 0 bridgehead atoms. The van der Waals surface area contributed by atoms with E-state index >= 15 is 0 Å². The molecule has 1 rings (SSSR count). The number of allylic oxidation sites excluding steroid dienone is 2. The lowest BCUT2D eigenvalue weighted by Gasteiger charge is -2.13. The largest absolute Gasteiger partial charge is 0.0773 e. The molecule has 0 atom stereocenters. The van der Waals surface area contributed by atoms with Crippen molar-refractivity contribution in [2.24, 2.45) is 0 Å². The van der Waals surface area contributed by atoms with E-state index in [1.54, 1.807) is 11.1 Å². The second-order valence-electron chi connectivity index (χ2n) is 4.08. The van der Waals surface area contributed by atoms with Crippen molar-refractivity contribution >= 4 is 8.07 Å². The van der Waals surface area contributed by atoms with Crippen molar-refractivity contribution in [2.45, 2.75) is 39.0 Å². The molecule has 9 heavy (non-hydrogen) atoms. The molecule has 52 valence electrons. The first kappa shape index (κ1) is 7.07. The van der Waals surface area contributed by atoms with E-state index in [0.29, 0.717) is 0 Å². The Morgan fingerprint density at radius 3 is 1.44 bits per heavy atom. The molecule has 0 spiro atoms. The predicted molar refractivity (Wildman–Crippen MR) is 45.5 cm³/mol. The smallest absolute Gasteiger partial charge is 0.0554 e. The molecule has 0 nitrogen and oxygen atoms in total. The summed E-state index contributed by atoms with van der Waals surface area (Å²) in [5.74, 6) is 0. The monoisotopic (exact) mass is 140 g/mol. The molecular weight excluding hydrogens is 124 g/mol. The fourth-order valence-corrected chi connectivity index (χ4v) is 5.40. The Hall–Kier alpha value is -0.0431. The van der Waals surface area contributed by atoms with Crippen LogP contribution in [0.3, 0.4) is 0 Å². The van der Waals surface area contributed by atoms with E-state index in [1.165, 1.54) is 12.1 Å². The van der Waals surface area contributed by atoms with Crippen LogP contribution in [-0.2, 0) is 0 Å². The molecule has 0 N–H and O–H groups in total. The normalized spacial score (nSPS) is 25.3. The first-order valence-corrected chi connectivity index (χ1v) is 7.08. The molecular formula is C8H16Si. The van der Waals surface area contributed by atoms with Gasteiger partial charge >= 0.3 is 0 Å². The van der Waals surface area contributed by atoms with Crippen LogP contribution in [0.1, 0.15) is 13.8 Å². The standard InChI is InChI=1S/C8H16Si/c1-7-5-9(3,4)6-8(7)2/h5-6H2,1-4H3. The molecule has 0 aromatic rings. The van der Waals surface area contributed by atoms with Gasteiger partial charge in [0.05, 0.1) is 8.07 Å². The van der Waals surface area contributed by atoms with Crippen LogP contribution in [0.5, 0.6) is 0 Å². The lowest BCUT2D eigenvalue weighted by atomic mass is 10.2. The number of rotatable bonds is 0. The van der Waals surface area contributed by atoms with Crippen LogP contribution in [0, 0.1) is 0 Å². The topological polar surface area (TPSA) is 0 Å². The highest BCUT2D eigenvalue weighted by Crippen LogP contribution is 2.34. The maximum Gasteiger partial charge on any atom is 0.0554 e. The summed E-state index contributed by atoms with van der Waals surface area (Å²) in [4.78, 5) is 0. The summed E-state index contributed by atoms with van der Waals surface area (Å²) in [6.07, 6.45) is 0. The van der Waals surface area contributed by atoms with Crippen molar-refractivity contribution < 1.29 is 0 Å². The molecule has 0 saturated carbocycles. The van der Waals surface area contributed by atoms with Gasteiger partial charge in [-0.25, -0.2) is 0 Å². The minimum Gasteiger partial charge on any atom is -0.0773 e. The first-order chi connectivity index (χ1) is 4.01. The van der Waals surface area contributed by atoms with Crippen molar-refractivity contribution in [2.75, 3.05) is 0 Å². The SMILES string of the molecule is CC1=C(C)C[Si](C)(C)C1. The molecule has 0 radical (unpaired) electrons. The van der Waals surface area contributed by atoms with Crippen molar-refractivity contribution in [1.29, 1.82) is 0 Å². The van der Waals surface area contributed by atoms with Gasteiger partial charge in [-0.1, -0.05) is 24.2 Å². The van der Waals surface area contributed by atoms with E-state index < -0.39 is 8.07 Å². The molecule has 0 aromatic heterocycles. The Balaban J connectivity index is 2.70. The van der Waals surface area contributed by atoms with Gasteiger partial charge in [-0.3, -0.25) is 0 Å². The zero-order valence-corrected chi connectivity index (χ0v) is 7.91. The minimum absolute atomic E-state index is 0.740. The van der Waals surface area contributed by atoms with E-state index in [4.69, 9.17) is 0 Å². The van der Waals surface area contributed by atoms with Gasteiger partial charge < -0.3 is 0 Å². The van der Waals surface area contributed by atoms with Crippen molar-refractivity contribution in [3.05, 3.63) is 11.1 Å². The number of hydrogen-bond acceptors (Lipinski definition) is 0. The zero-order chi connectivity index (χ0) is 7.07. The van der Waals surface area contributed by atoms with Gasteiger partial charge in [0.25, 0.3) is 0 Å². The molecule has 1 heteroatoms. The van der Waals surface area contributed by atoms with E-state index in [1.807, 2.05) is 0 Å². The van der Waals surface area contributed by atoms with Crippen LogP contribution in [-0.4, -0.2) is 8.07 Å². The fourth-order valence-electron chi connectivity index (χ4n) is 1.80. The van der Waals surface area contributed by atoms with Crippen molar-refractivity contribution in [3.63, 3.8) is 0 Å². The van der Waals surface area contributed by atoms with E-state index in [0.717, 1.165) is 0 Å². The van der Waals surface area contributed by atoms with E-state index in [9.17, 15) is 0 Å². The summed E-state index contributed by atoms with van der Waals surface area (Å²) in [7, 11) is -0.740. The fraction of sp³-hybridized carbons (Fsp3) is 0.750. The highest BCUT2D eigenvalue weighted by molar-refractivity contribution is 6.79. The molecule has 0 fully saturated rings. The average molecular weight is 140 g/mol. The quantitative estimate of drug-likeness (QED) is 0.358. The lowest BCUT2D eigenvalue weighted by molar-refractivity contribution is 1.28. The Morgan fingerprint density at radius 2 is 1.33 bits per heavy atom. The summed E-state index contributed by atoms with van der Waals surface area (Å²) in [5.41, 5.74) is 3.35. The molecule has 0 unspecified atom stereocenters.